The molecule has 0 aliphatic carbocycles. The van der Waals surface area contributed by atoms with Crippen molar-refractivity contribution in [2.45, 2.75) is 45.1 Å². The van der Waals surface area contributed by atoms with Crippen molar-refractivity contribution in [1.29, 1.82) is 0 Å². The van der Waals surface area contributed by atoms with E-state index in [4.69, 9.17) is 4.42 Å². The number of halogens is 4. The fraction of sp³-hybridized carbons (Fsp3) is 0.464. The van der Waals surface area contributed by atoms with Crippen molar-refractivity contribution in [2.75, 3.05) is 44.7 Å². The molecule has 1 aliphatic heterocycles. The first-order chi connectivity index (χ1) is 19.3. The zero-order valence-electron chi connectivity index (χ0n) is 23.3. The first-order valence-electron chi connectivity index (χ1n) is 13.1. The van der Waals surface area contributed by atoms with Gasteiger partial charge in [-0.25, -0.2) is 8.78 Å². The summed E-state index contributed by atoms with van der Waals surface area (Å²) in [4.78, 5) is 35.1. The summed E-state index contributed by atoms with van der Waals surface area (Å²) in [5, 5.41) is 6.90. The zero-order valence-corrected chi connectivity index (χ0v) is 23.3. The molecule has 41 heavy (non-hydrogen) atoms. The minimum Gasteiger partial charge on any atom is -0.415 e. The predicted molar refractivity (Wildman–Crippen MR) is 143 cm³/mol. The number of aromatic nitrogens is 3. The highest BCUT2D eigenvalue weighted by Crippen LogP contribution is 2.31. The standard InChI is InChI=1S/C28H32F4N6O3/c1-27(2,17-39)22-13-20(38-11-9-37(10-12-38)16-28(3,31)32)7-8-21(22)26(40)36(4)15-19-6-5-18(14-33-19)24-34-35-25(41-24)23(29)30/h5-8,13-14,17,23H,9-12,15-16H2,1-4H3. The Kier molecular flexibility index (Phi) is 8.76. The molecule has 2 aromatic heterocycles. The maximum atomic E-state index is 13.5. The summed E-state index contributed by atoms with van der Waals surface area (Å²) < 4.78 is 57.3. The molecule has 1 saturated heterocycles. The summed E-state index contributed by atoms with van der Waals surface area (Å²) in [6.07, 6.45) is -0.687. The molecule has 3 heterocycles. The van der Waals surface area contributed by atoms with E-state index in [1.807, 2.05) is 6.07 Å². The minimum absolute atomic E-state index is 0.0886. The van der Waals surface area contributed by atoms with Gasteiger partial charge in [-0.3, -0.25) is 14.7 Å². The normalized spacial score (nSPS) is 14.9. The van der Waals surface area contributed by atoms with E-state index in [9.17, 15) is 27.2 Å². The monoisotopic (exact) mass is 576 g/mol. The maximum absolute atomic E-state index is 13.5. The van der Waals surface area contributed by atoms with Crippen LogP contribution in [0.4, 0.5) is 23.2 Å². The van der Waals surface area contributed by atoms with Gasteiger partial charge in [0, 0.05) is 63.0 Å². The van der Waals surface area contributed by atoms with Crippen LogP contribution in [0.5, 0.6) is 0 Å². The topological polar surface area (TPSA) is 95.7 Å². The average Bonchev–Trinajstić information content (AvgIpc) is 3.43. The number of carbonyl (C=O) groups excluding carboxylic acids is 2. The van der Waals surface area contributed by atoms with E-state index in [-0.39, 0.29) is 24.9 Å². The number of nitrogens with zero attached hydrogens (tertiary/aromatic N) is 6. The molecule has 13 heteroatoms. The number of amides is 1. The Hall–Kier alpha value is -3.87. The maximum Gasteiger partial charge on any atom is 0.314 e. The fourth-order valence-electron chi connectivity index (χ4n) is 4.67. The number of aldehydes is 1. The van der Waals surface area contributed by atoms with E-state index in [1.54, 1.807) is 50.1 Å². The van der Waals surface area contributed by atoms with Crippen LogP contribution in [0.1, 0.15) is 54.7 Å². The van der Waals surface area contributed by atoms with E-state index in [0.29, 0.717) is 48.6 Å². The molecular formula is C28H32F4N6O3. The summed E-state index contributed by atoms with van der Waals surface area (Å²) in [5.74, 6) is -3.95. The van der Waals surface area contributed by atoms with Crippen molar-refractivity contribution >= 4 is 17.9 Å². The average molecular weight is 577 g/mol. The van der Waals surface area contributed by atoms with E-state index < -0.39 is 23.7 Å². The summed E-state index contributed by atoms with van der Waals surface area (Å²) >= 11 is 0. The third-order valence-electron chi connectivity index (χ3n) is 6.91. The van der Waals surface area contributed by atoms with E-state index in [0.717, 1.165) is 18.9 Å². The molecule has 1 amide bonds. The number of rotatable bonds is 10. The second-order valence-corrected chi connectivity index (χ2v) is 10.8. The Bertz CT molecular complexity index is 1370. The second kappa shape index (κ2) is 11.9. The van der Waals surface area contributed by atoms with Crippen LogP contribution in [0, 0.1) is 0 Å². The van der Waals surface area contributed by atoms with Crippen LogP contribution >= 0.6 is 0 Å². The number of hydrogen-bond donors (Lipinski definition) is 0. The number of pyridine rings is 1. The minimum atomic E-state index is -2.88. The molecule has 1 aliphatic rings. The van der Waals surface area contributed by atoms with Gasteiger partial charge in [0.1, 0.15) is 6.29 Å². The van der Waals surface area contributed by atoms with Gasteiger partial charge in [0.2, 0.25) is 5.89 Å². The molecule has 0 unspecified atom stereocenters. The molecule has 4 rings (SSSR count). The van der Waals surface area contributed by atoms with Crippen molar-refractivity contribution in [2.24, 2.45) is 0 Å². The van der Waals surface area contributed by atoms with Gasteiger partial charge in [-0.05, 0) is 49.7 Å². The third kappa shape index (κ3) is 7.26. The van der Waals surface area contributed by atoms with Crippen LogP contribution in [0.25, 0.3) is 11.5 Å². The predicted octanol–water partition coefficient (Wildman–Crippen LogP) is 4.60. The molecule has 1 fully saturated rings. The van der Waals surface area contributed by atoms with Gasteiger partial charge >= 0.3 is 6.43 Å². The molecule has 3 aromatic rings. The van der Waals surface area contributed by atoms with E-state index >= 15 is 0 Å². The fourth-order valence-corrected chi connectivity index (χ4v) is 4.67. The van der Waals surface area contributed by atoms with Crippen LogP contribution in [0.3, 0.4) is 0 Å². The van der Waals surface area contributed by atoms with Crippen molar-refractivity contribution in [3.63, 3.8) is 0 Å². The first kappa shape index (κ1) is 30.1. The highest BCUT2D eigenvalue weighted by Gasteiger charge is 2.31. The van der Waals surface area contributed by atoms with Gasteiger partial charge in [0.25, 0.3) is 17.7 Å². The Morgan fingerprint density at radius 1 is 1.10 bits per heavy atom. The highest BCUT2D eigenvalue weighted by atomic mass is 19.3. The lowest BCUT2D eigenvalue weighted by molar-refractivity contribution is -0.111. The molecule has 0 radical (unpaired) electrons. The molecule has 0 N–H and O–H groups in total. The largest absolute Gasteiger partial charge is 0.415 e. The van der Waals surface area contributed by atoms with Gasteiger partial charge < -0.3 is 19.0 Å². The number of carbonyl (C=O) groups is 2. The Labute approximate surface area is 235 Å². The number of alkyl halides is 4. The molecule has 220 valence electrons. The van der Waals surface area contributed by atoms with Crippen LogP contribution in [-0.2, 0) is 16.8 Å². The van der Waals surface area contributed by atoms with Crippen LogP contribution < -0.4 is 4.90 Å². The number of benzene rings is 1. The van der Waals surface area contributed by atoms with E-state index in [1.165, 1.54) is 11.1 Å². The van der Waals surface area contributed by atoms with Gasteiger partial charge in [-0.2, -0.15) is 8.78 Å². The van der Waals surface area contributed by atoms with Gasteiger partial charge in [0.05, 0.1) is 24.3 Å². The summed E-state index contributed by atoms with van der Waals surface area (Å²) in [6, 6.07) is 8.53. The number of piperazine rings is 1. The third-order valence-corrected chi connectivity index (χ3v) is 6.91. The number of hydrogen-bond acceptors (Lipinski definition) is 8. The quantitative estimate of drug-likeness (QED) is 0.256. The summed E-state index contributed by atoms with van der Waals surface area (Å²) in [5.41, 5.74) is 1.65. The Morgan fingerprint density at radius 3 is 2.37 bits per heavy atom. The van der Waals surface area contributed by atoms with Crippen molar-refractivity contribution in [1.82, 2.24) is 25.0 Å². The summed E-state index contributed by atoms with van der Waals surface area (Å²) in [6.45, 7) is 6.25. The number of anilines is 1. The van der Waals surface area contributed by atoms with Crippen molar-refractivity contribution < 1.29 is 31.6 Å². The second-order valence-electron chi connectivity index (χ2n) is 10.8. The molecule has 0 bridgehead atoms. The lowest BCUT2D eigenvalue weighted by Gasteiger charge is -2.37. The van der Waals surface area contributed by atoms with Crippen molar-refractivity contribution in [3.05, 3.63) is 59.2 Å². The lowest BCUT2D eigenvalue weighted by Crippen LogP contribution is -2.49. The molecule has 0 atom stereocenters. The molecule has 9 nitrogen and oxygen atoms in total. The lowest BCUT2D eigenvalue weighted by atomic mass is 9.82. The smallest absolute Gasteiger partial charge is 0.314 e. The van der Waals surface area contributed by atoms with Crippen LogP contribution in [-0.4, -0.2) is 82.9 Å². The van der Waals surface area contributed by atoms with Gasteiger partial charge in [-0.1, -0.05) is 0 Å². The molecule has 0 spiro atoms. The molecule has 0 saturated carbocycles. The van der Waals surface area contributed by atoms with Crippen LogP contribution in [0.15, 0.2) is 40.9 Å². The highest BCUT2D eigenvalue weighted by molar-refractivity contribution is 5.97. The van der Waals surface area contributed by atoms with Crippen LogP contribution in [0.2, 0.25) is 0 Å². The van der Waals surface area contributed by atoms with Crippen molar-refractivity contribution in [3.8, 4) is 11.5 Å². The zero-order chi connectivity index (χ0) is 29.9. The van der Waals surface area contributed by atoms with Gasteiger partial charge in [-0.15, -0.1) is 10.2 Å². The summed E-state index contributed by atoms with van der Waals surface area (Å²) in [7, 11) is 1.61. The Morgan fingerprint density at radius 2 is 1.80 bits per heavy atom. The van der Waals surface area contributed by atoms with Gasteiger partial charge in [0.15, 0.2) is 0 Å². The Balaban J connectivity index is 1.49. The van der Waals surface area contributed by atoms with E-state index in [2.05, 4.69) is 20.1 Å². The molecular weight excluding hydrogens is 544 g/mol. The SMILES string of the molecule is CN(Cc1ccc(-c2nnc(C(F)F)o2)cn1)C(=O)c1ccc(N2CCN(CC(C)(F)F)CC2)cc1C(C)(C)C=O. The molecule has 1 aromatic carbocycles. The first-order valence-corrected chi connectivity index (χ1v) is 13.1.